The molecule has 1 aromatic rings. The van der Waals surface area contributed by atoms with E-state index in [4.69, 9.17) is 5.73 Å². The van der Waals surface area contributed by atoms with E-state index in [9.17, 15) is 0 Å². The predicted molar refractivity (Wildman–Crippen MR) is 65.9 cm³/mol. The van der Waals surface area contributed by atoms with Gasteiger partial charge in [0.05, 0.1) is 11.9 Å². The minimum Gasteiger partial charge on any atom is -0.397 e. The third-order valence-corrected chi connectivity index (χ3v) is 2.81. The molecule has 3 heteroatoms. The van der Waals surface area contributed by atoms with Gasteiger partial charge < -0.3 is 11.1 Å². The minimum absolute atomic E-state index is 0.723. The highest BCUT2D eigenvalue weighted by Gasteiger charge is 2.05. The highest BCUT2D eigenvalue weighted by atomic mass is 15.0. The molecule has 0 saturated heterocycles. The lowest BCUT2D eigenvalue weighted by atomic mass is 10.0. The number of nitrogens with one attached hydrogen (secondary N) is 1. The molecular formula is C12H21N3. The zero-order valence-electron chi connectivity index (χ0n) is 9.88. The number of rotatable bonds is 5. The van der Waals surface area contributed by atoms with Gasteiger partial charge in [-0.15, -0.1) is 0 Å². The van der Waals surface area contributed by atoms with Gasteiger partial charge in [0, 0.05) is 6.54 Å². The van der Waals surface area contributed by atoms with Gasteiger partial charge in [0.25, 0.3) is 0 Å². The van der Waals surface area contributed by atoms with Crippen molar-refractivity contribution >= 4 is 11.5 Å². The molecular weight excluding hydrogens is 186 g/mol. The summed E-state index contributed by atoms with van der Waals surface area (Å²) in [4.78, 5) is 4.28. The van der Waals surface area contributed by atoms with E-state index in [0.29, 0.717) is 0 Å². The molecule has 0 bridgehead atoms. The van der Waals surface area contributed by atoms with Crippen LogP contribution in [0, 0.1) is 12.8 Å². The monoisotopic (exact) mass is 207 g/mol. The van der Waals surface area contributed by atoms with E-state index < -0.39 is 0 Å². The van der Waals surface area contributed by atoms with Crippen molar-refractivity contribution in [2.24, 2.45) is 5.92 Å². The third-order valence-electron chi connectivity index (χ3n) is 2.81. The quantitative estimate of drug-likeness (QED) is 0.780. The van der Waals surface area contributed by atoms with Gasteiger partial charge in [-0.3, -0.25) is 0 Å². The summed E-state index contributed by atoms with van der Waals surface area (Å²) < 4.78 is 0. The number of aromatic nitrogens is 1. The molecule has 0 radical (unpaired) electrons. The first-order valence-corrected chi connectivity index (χ1v) is 5.63. The average molecular weight is 207 g/mol. The van der Waals surface area contributed by atoms with Crippen LogP contribution in [-0.2, 0) is 0 Å². The molecule has 15 heavy (non-hydrogen) atoms. The van der Waals surface area contributed by atoms with Crippen LogP contribution in [0.3, 0.4) is 0 Å². The Morgan fingerprint density at radius 2 is 2.07 bits per heavy atom. The second-order valence-corrected chi connectivity index (χ2v) is 4.00. The average Bonchev–Trinajstić information content (AvgIpc) is 2.22. The van der Waals surface area contributed by atoms with Gasteiger partial charge in [0.1, 0.15) is 5.82 Å². The van der Waals surface area contributed by atoms with Crippen LogP contribution >= 0.6 is 0 Å². The summed E-state index contributed by atoms with van der Waals surface area (Å²) >= 11 is 0. The van der Waals surface area contributed by atoms with Crippen LogP contribution in [0.4, 0.5) is 11.5 Å². The Morgan fingerprint density at radius 3 is 2.60 bits per heavy atom. The van der Waals surface area contributed by atoms with Crippen LogP contribution in [-0.4, -0.2) is 11.5 Å². The molecule has 0 aliphatic heterocycles. The Morgan fingerprint density at radius 1 is 1.40 bits per heavy atom. The number of nitrogens with zero attached hydrogens (tertiary/aromatic N) is 1. The van der Waals surface area contributed by atoms with Crippen LogP contribution in [0.2, 0.25) is 0 Å². The SMILES string of the molecule is CCC(CC)CNc1ncc(N)cc1C. The van der Waals surface area contributed by atoms with Crippen LogP contribution in [0.15, 0.2) is 12.3 Å². The molecule has 0 saturated carbocycles. The molecule has 3 N–H and O–H groups in total. The van der Waals surface area contributed by atoms with Crippen LogP contribution in [0.25, 0.3) is 0 Å². The van der Waals surface area contributed by atoms with Gasteiger partial charge in [-0.1, -0.05) is 26.7 Å². The normalized spacial score (nSPS) is 10.7. The summed E-state index contributed by atoms with van der Waals surface area (Å²) in [6.07, 6.45) is 4.11. The fourth-order valence-corrected chi connectivity index (χ4v) is 1.60. The van der Waals surface area contributed by atoms with Crippen LogP contribution in [0.5, 0.6) is 0 Å². The number of nitrogens with two attached hydrogens (primary N) is 1. The molecule has 0 aliphatic carbocycles. The maximum atomic E-state index is 5.65. The lowest BCUT2D eigenvalue weighted by Gasteiger charge is -2.15. The van der Waals surface area contributed by atoms with Gasteiger partial charge in [-0.25, -0.2) is 4.98 Å². The second kappa shape index (κ2) is 5.59. The fourth-order valence-electron chi connectivity index (χ4n) is 1.60. The molecule has 0 fully saturated rings. The van der Waals surface area contributed by atoms with Gasteiger partial charge in [0.15, 0.2) is 0 Å². The standard InChI is InChI=1S/C12H21N3/c1-4-10(5-2)7-14-12-9(3)6-11(13)8-15-12/h6,8,10H,4-5,7,13H2,1-3H3,(H,14,15). The van der Waals surface area contributed by atoms with Crippen molar-refractivity contribution in [3.05, 3.63) is 17.8 Å². The predicted octanol–water partition coefficient (Wildman–Crippen LogP) is 2.82. The van der Waals surface area contributed by atoms with Crippen molar-refractivity contribution in [2.75, 3.05) is 17.6 Å². The van der Waals surface area contributed by atoms with Gasteiger partial charge in [-0.2, -0.15) is 0 Å². The number of hydrogen-bond acceptors (Lipinski definition) is 3. The summed E-state index contributed by atoms with van der Waals surface area (Å²) in [7, 11) is 0. The third kappa shape index (κ3) is 3.42. The van der Waals surface area contributed by atoms with Crippen molar-refractivity contribution in [1.29, 1.82) is 0 Å². The van der Waals surface area contributed by atoms with Gasteiger partial charge >= 0.3 is 0 Å². The molecule has 0 unspecified atom stereocenters. The molecule has 0 aromatic carbocycles. The van der Waals surface area contributed by atoms with Crippen molar-refractivity contribution in [2.45, 2.75) is 33.6 Å². The van der Waals surface area contributed by atoms with Crippen LogP contribution < -0.4 is 11.1 Å². The zero-order chi connectivity index (χ0) is 11.3. The Labute approximate surface area is 92.1 Å². The summed E-state index contributed by atoms with van der Waals surface area (Å²) in [5.74, 6) is 1.68. The summed E-state index contributed by atoms with van der Waals surface area (Å²) in [6.45, 7) is 7.46. The second-order valence-electron chi connectivity index (χ2n) is 4.00. The highest BCUT2D eigenvalue weighted by molar-refractivity contribution is 5.50. The van der Waals surface area contributed by atoms with Crippen LogP contribution in [0.1, 0.15) is 32.3 Å². The Bertz CT molecular complexity index is 306. The lowest BCUT2D eigenvalue weighted by molar-refractivity contribution is 0.518. The van der Waals surface area contributed by atoms with E-state index in [1.54, 1.807) is 6.20 Å². The molecule has 0 atom stereocenters. The number of hydrogen-bond donors (Lipinski definition) is 2. The molecule has 84 valence electrons. The van der Waals surface area contributed by atoms with Crippen molar-refractivity contribution < 1.29 is 0 Å². The Kier molecular flexibility index (Phi) is 4.40. The van der Waals surface area contributed by atoms with Crippen molar-refractivity contribution in [1.82, 2.24) is 4.98 Å². The molecule has 3 nitrogen and oxygen atoms in total. The smallest absolute Gasteiger partial charge is 0.129 e. The van der Waals surface area contributed by atoms with Crippen molar-refractivity contribution in [3.8, 4) is 0 Å². The van der Waals surface area contributed by atoms with Gasteiger partial charge in [0.2, 0.25) is 0 Å². The lowest BCUT2D eigenvalue weighted by Crippen LogP contribution is -2.14. The minimum atomic E-state index is 0.723. The number of pyridine rings is 1. The molecule has 1 heterocycles. The number of anilines is 2. The first kappa shape index (κ1) is 11.8. The molecule has 0 amide bonds. The van der Waals surface area contributed by atoms with E-state index in [1.807, 2.05) is 13.0 Å². The molecule has 1 aromatic heterocycles. The van der Waals surface area contributed by atoms with E-state index in [2.05, 4.69) is 24.1 Å². The maximum Gasteiger partial charge on any atom is 0.129 e. The van der Waals surface area contributed by atoms with Crippen molar-refractivity contribution in [3.63, 3.8) is 0 Å². The highest BCUT2D eigenvalue weighted by Crippen LogP contribution is 2.15. The molecule has 0 aliphatic rings. The summed E-state index contributed by atoms with van der Waals surface area (Å²) in [5, 5.41) is 3.38. The first-order valence-electron chi connectivity index (χ1n) is 5.63. The number of aryl methyl sites for hydroxylation is 1. The Hall–Kier alpha value is -1.25. The van der Waals surface area contributed by atoms with E-state index >= 15 is 0 Å². The maximum absolute atomic E-state index is 5.65. The topological polar surface area (TPSA) is 50.9 Å². The first-order chi connectivity index (χ1) is 7.17. The summed E-state index contributed by atoms with van der Waals surface area (Å²) in [6, 6.07) is 1.95. The Balaban J connectivity index is 2.57. The van der Waals surface area contributed by atoms with E-state index in [1.165, 1.54) is 12.8 Å². The summed E-state index contributed by atoms with van der Waals surface area (Å²) in [5.41, 5.74) is 7.48. The van der Waals surface area contributed by atoms with E-state index in [-0.39, 0.29) is 0 Å². The molecule has 1 rings (SSSR count). The van der Waals surface area contributed by atoms with E-state index in [0.717, 1.165) is 29.5 Å². The largest absolute Gasteiger partial charge is 0.397 e. The number of nitrogen functional groups attached to an aromatic ring is 1. The molecule has 0 spiro atoms. The fraction of sp³-hybridized carbons (Fsp3) is 0.583. The zero-order valence-corrected chi connectivity index (χ0v) is 9.88. The van der Waals surface area contributed by atoms with Gasteiger partial charge in [-0.05, 0) is 24.5 Å².